The third-order valence-corrected chi connectivity index (χ3v) is 5.73. The Morgan fingerprint density at radius 2 is 2.11 bits per heavy atom. The van der Waals surface area contributed by atoms with Crippen LogP contribution in [0, 0.1) is 17.0 Å². The summed E-state index contributed by atoms with van der Waals surface area (Å²) in [5, 5.41) is 19.2. The molecule has 2 heterocycles. The Morgan fingerprint density at radius 1 is 1.37 bits per heavy atom. The van der Waals surface area contributed by atoms with Gasteiger partial charge in [0.05, 0.1) is 27.8 Å². The van der Waals surface area contributed by atoms with Crippen LogP contribution in [0.15, 0.2) is 46.7 Å². The van der Waals surface area contributed by atoms with Gasteiger partial charge in [-0.05, 0) is 18.6 Å². The molecule has 0 amide bonds. The van der Waals surface area contributed by atoms with Gasteiger partial charge >= 0.3 is 0 Å². The number of hydrogen-bond donors (Lipinski definition) is 0. The smallest absolute Gasteiger partial charge is 0.258 e. The molecule has 0 bridgehead atoms. The molecule has 0 saturated carbocycles. The van der Waals surface area contributed by atoms with Gasteiger partial charge in [0.25, 0.3) is 15.7 Å². The number of aromatic nitrogens is 3. The molecule has 0 fully saturated rings. The second-order valence-electron chi connectivity index (χ2n) is 5.51. The van der Waals surface area contributed by atoms with E-state index in [0.717, 1.165) is 10.5 Å². The zero-order valence-corrected chi connectivity index (χ0v) is 15.7. The van der Waals surface area contributed by atoms with Crippen LogP contribution in [0.1, 0.15) is 11.1 Å². The third-order valence-electron chi connectivity index (χ3n) is 3.73. The highest BCUT2D eigenvalue weighted by Crippen LogP contribution is 2.24. The minimum absolute atomic E-state index is 0.197. The maximum Gasteiger partial charge on any atom is 0.279 e. The van der Waals surface area contributed by atoms with E-state index in [2.05, 4.69) is 15.2 Å². The first kappa shape index (κ1) is 18.7. The van der Waals surface area contributed by atoms with Crippen molar-refractivity contribution in [2.45, 2.75) is 11.8 Å². The second-order valence-corrected chi connectivity index (χ2v) is 7.81. The highest BCUT2D eigenvalue weighted by molar-refractivity contribution is 7.89. The first-order valence-corrected chi connectivity index (χ1v) is 9.30. The summed E-state index contributed by atoms with van der Waals surface area (Å²) >= 11 is 5.86. The lowest BCUT2D eigenvalue weighted by molar-refractivity contribution is -0.385. The Labute approximate surface area is 158 Å². The van der Waals surface area contributed by atoms with E-state index >= 15 is 0 Å². The van der Waals surface area contributed by atoms with Gasteiger partial charge in [-0.3, -0.25) is 10.1 Å². The molecule has 27 heavy (non-hydrogen) atoms. The van der Waals surface area contributed by atoms with Crippen LogP contribution < -0.4 is 0 Å². The molecular weight excluding hydrogens is 396 g/mol. The number of nitro groups is 1. The van der Waals surface area contributed by atoms with Crippen LogP contribution in [0.5, 0.6) is 0 Å². The first-order chi connectivity index (χ1) is 12.7. The summed E-state index contributed by atoms with van der Waals surface area (Å²) in [6.07, 6.45) is 4.34. The second kappa shape index (κ2) is 6.93. The zero-order chi connectivity index (χ0) is 19.8. The van der Waals surface area contributed by atoms with Crippen LogP contribution in [-0.4, -0.2) is 45.6 Å². The number of fused-ring (bicyclic) bond motifs is 1. The van der Waals surface area contributed by atoms with Crippen LogP contribution in [0.4, 0.5) is 5.69 Å². The normalized spacial score (nSPS) is 12.0. The average Bonchev–Trinajstić information content (AvgIpc) is 3.01. The summed E-state index contributed by atoms with van der Waals surface area (Å²) in [7, 11) is -2.85. The number of hydrazone groups is 1. The van der Waals surface area contributed by atoms with Gasteiger partial charge < -0.3 is 0 Å². The quantitative estimate of drug-likeness (QED) is 0.276. The lowest BCUT2D eigenvalue weighted by atomic mass is 10.2. The number of benzene rings is 1. The molecular formula is C15H13ClN6O4S. The lowest BCUT2D eigenvalue weighted by Crippen LogP contribution is -2.22. The molecule has 0 atom stereocenters. The van der Waals surface area contributed by atoms with Gasteiger partial charge in [-0.2, -0.15) is 23.0 Å². The zero-order valence-electron chi connectivity index (χ0n) is 14.1. The molecule has 0 unspecified atom stereocenters. The molecule has 12 heteroatoms. The van der Waals surface area contributed by atoms with Crippen LogP contribution in [0.3, 0.4) is 0 Å². The van der Waals surface area contributed by atoms with Crippen molar-refractivity contribution in [1.82, 2.24) is 19.0 Å². The maximum atomic E-state index is 12.7. The number of nitrogens with zero attached hydrogens (tertiary/aromatic N) is 6. The average molecular weight is 409 g/mol. The van der Waals surface area contributed by atoms with Gasteiger partial charge in [0.15, 0.2) is 5.65 Å². The molecule has 140 valence electrons. The van der Waals surface area contributed by atoms with Gasteiger partial charge in [-0.15, -0.1) is 0 Å². The number of rotatable bonds is 5. The fraction of sp³-hybridized carbons (Fsp3) is 0.133. The molecule has 3 aromatic rings. The molecule has 0 aliphatic carbocycles. The Balaban J connectivity index is 1.96. The molecule has 1 aromatic carbocycles. The van der Waals surface area contributed by atoms with Crippen LogP contribution in [0.25, 0.3) is 5.65 Å². The number of aryl methyl sites for hydroxylation is 1. The minimum Gasteiger partial charge on any atom is -0.258 e. The van der Waals surface area contributed by atoms with Crippen LogP contribution in [-0.2, 0) is 10.0 Å². The van der Waals surface area contributed by atoms with Crippen molar-refractivity contribution in [2.75, 3.05) is 7.05 Å². The van der Waals surface area contributed by atoms with Crippen molar-refractivity contribution >= 4 is 39.2 Å². The van der Waals surface area contributed by atoms with E-state index in [1.165, 1.54) is 36.1 Å². The van der Waals surface area contributed by atoms with Crippen molar-refractivity contribution < 1.29 is 13.3 Å². The molecule has 0 aliphatic rings. The van der Waals surface area contributed by atoms with Crippen molar-refractivity contribution in [3.8, 4) is 0 Å². The summed E-state index contributed by atoms with van der Waals surface area (Å²) < 4.78 is 27.7. The van der Waals surface area contributed by atoms with Crippen molar-refractivity contribution in [3.63, 3.8) is 0 Å². The molecule has 2 aromatic heterocycles. The predicted molar refractivity (Wildman–Crippen MR) is 98.4 cm³/mol. The van der Waals surface area contributed by atoms with E-state index in [4.69, 9.17) is 11.6 Å². The monoisotopic (exact) mass is 408 g/mol. The molecule has 0 N–H and O–H groups in total. The van der Waals surface area contributed by atoms with E-state index < -0.39 is 14.9 Å². The summed E-state index contributed by atoms with van der Waals surface area (Å²) in [6, 6.07) is 5.18. The lowest BCUT2D eigenvalue weighted by Gasteiger charge is -2.15. The Bertz CT molecular complexity index is 1170. The van der Waals surface area contributed by atoms with Crippen molar-refractivity contribution in [3.05, 3.63) is 63.1 Å². The van der Waals surface area contributed by atoms with Gasteiger partial charge in [0.2, 0.25) is 0 Å². The number of nitro benzene ring substituents is 1. The van der Waals surface area contributed by atoms with E-state index in [9.17, 15) is 18.5 Å². The molecule has 3 rings (SSSR count). The van der Waals surface area contributed by atoms with Gasteiger partial charge in [0.1, 0.15) is 5.15 Å². The highest BCUT2D eigenvalue weighted by Gasteiger charge is 2.24. The number of hydrogen-bond acceptors (Lipinski definition) is 7. The Kier molecular flexibility index (Phi) is 4.81. The summed E-state index contributed by atoms with van der Waals surface area (Å²) in [5.41, 5.74) is 0.906. The van der Waals surface area contributed by atoms with Crippen LogP contribution >= 0.6 is 11.6 Å². The minimum atomic E-state index is -4.08. The Morgan fingerprint density at radius 3 is 2.81 bits per heavy atom. The third kappa shape index (κ3) is 3.59. The van der Waals surface area contributed by atoms with E-state index in [-0.39, 0.29) is 15.7 Å². The van der Waals surface area contributed by atoms with Gasteiger partial charge in [0, 0.05) is 25.4 Å². The predicted octanol–water partition coefficient (Wildman–Crippen LogP) is 2.25. The highest BCUT2D eigenvalue weighted by atomic mass is 35.5. The molecule has 0 saturated heterocycles. The fourth-order valence-electron chi connectivity index (χ4n) is 2.28. The molecule has 0 radical (unpaired) electrons. The standard InChI is InChI=1S/C15H13ClN6O4S/c1-10-3-4-12(22(23)24)7-13(10)27(25,26)20(2)17-8-11-9-18-21-6-5-14(16)19-15(11)21/h3-9H,1-2H3/b17-8+. The Hall–Kier alpha value is -3.05. The SMILES string of the molecule is Cc1ccc([N+](=O)[O-])cc1S(=O)(=O)N(C)/N=C/c1cnn2ccc(Cl)nc12. The van der Waals surface area contributed by atoms with Gasteiger partial charge in [-0.1, -0.05) is 17.7 Å². The molecule has 0 aliphatic heterocycles. The number of non-ortho nitro benzene ring substituents is 1. The number of halogens is 1. The fourth-order valence-corrected chi connectivity index (χ4v) is 3.62. The van der Waals surface area contributed by atoms with Gasteiger partial charge in [-0.25, -0.2) is 9.50 Å². The summed E-state index contributed by atoms with van der Waals surface area (Å²) in [6.45, 7) is 1.55. The van der Waals surface area contributed by atoms with Crippen molar-refractivity contribution in [1.29, 1.82) is 0 Å². The van der Waals surface area contributed by atoms with E-state index in [0.29, 0.717) is 16.8 Å². The molecule has 0 spiro atoms. The maximum absolute atomic E-state index is 12.7. The van der Waals surface area contributed by atoms with E-state index in [1.54, 1.807) is 19.2 Å². The number of sulfonamides is 1. The van der Waals surface area contributed by atoms with E-state index in [1.807, 2.05) is 0 Å². The molecule has 10 nitrogen and oxygen atoms in total. The summed E-state index contributed by atoms with van der Waals surface area (Å²) in [5.74, 6) is 0. The largest absolute Gasteiger partial charge is 0.279 e. The first-order valence-electron chi connectivity index (χ1n) is 7.48. The van der Waals surface area contributed by atoms with Crippen molar-refractivity contribution in [2.24, 2.45) is 5.10 Å². The summed E-state index contributed by atoms with van der Waals surface area (Å²) in [4.78, 5) is 14.2. The van der Waals surface area contributed by atoms with Crippen LogP contribution in [0.2, 0.25) is 5.15 Å². The topological polar surface area (TPSA) is 123 Å².